The van der Waals surface area contributed by atoms with E-state index in [0.717, 1.165) is 48.2 Å². The maximum absolute atomic E-state index is 12.0. The molecule has 3 rings (SSSR count). The van der Waals surface area contributed by atoms with Crippen LogP contribution in [0.5, 0.6) is 0 Å². The Morgan fingerprint density at radius 2 is 2.11 bits per heavy atom. The summed E-state index contributed by atoms with van der Waals surface area (Å²) in [6, 6.07) is 0.207. The smallest absolute Gasteiger partial charge is 0.317 e. The summed E-state index contributed by atoms with van der Waals surface area (Å²) in [5.41, 5.74) is 1.82. The number of halogens is 2. The second-order valence-corrected chi connectivity index (χ2v) is 5.53. The molecule has 1 saturated heterocycles. The van der Waals surface area contributed by atoms with E-state index in [1.54, 1.807) is 0 Å². The van der Waals surface area contributed by atoms with E-state index in [2.05, 4.69) is 32.3 Å². The number of carbonyl (C=O) groups excluding carboxylic acids is 1. The summed E-state index contributed by atoms with van der Waals surface area (Å²) >= 11 is 3.46. The van der Waals surface area contributed by atoms with Gasteiger partial charge in [0.2, 0.25) is 0 Å². The van der Waals surface area contributed by atoms with Gasteiger partial charge in [-0.2, -0.15) is 4.99 Å². The van der Waals surface area contributed by atoms with E-state index >= 15 is 0 Å². The minimum absolute atomic E-state index is 0. The van der Waals surface area contributed by atoms with Gasteiger partial charge in [-0.3, -0.25) is 4.90 Å². The van der Waals surface area contributed by atoms with Crippen molar-refractivity contribution in [1.82, 2.24) is 10.2 Å². The Balaban J connectivity index is 0.00000120. The third-order valence-electron chi connectivity index (χ3n) is 3.40. The molecule has 0 aromatic heterocycles. The second kappa shape index (κ2) is 5.55. The van der Waals surface area contributed by atoms with Crippen LogP contribution in [-0.2, 0) is 0 Å². The van der Waals surface area contributed by atoms with Crippen molar-refractivity contribution in [1.29, 1.82) is 0 Å². The number of piperidine rings is 1. The van der Waals surface area contributed by atoms with Gasteiger partial charge < -0.3 is 5.32 Å². The highest BCUT2D eigenvalue weighted by molar-refractivity contribution is 9.11. The number of nitrogens with zero attached hydrogens (tertiary/aromatic N) is 2. The summed E-state index contributed by atoms with van der Waals surface area (Å²) in [6.45, 7) is 1.97. The van der Waals surface area contributed by atoms with Gasteiger partial charge in [0, 0.05) is 10.5 Å². The van der Waals surface area contributed by atoms with Crippen LogP contribution in [0.1, 0.15) is 19.3 Å². The van der Waals surface area contributed by atoms with E-state index in [1.807, 2.05) is 11.0 Å². The SMILES string of the molecule is Cl.O=C1N=C2C=C(Br)CC=C2N1C1CCNCC1. The molecule has 0 aromatic rings. The summed E-state index contributed by atoms with van der Waals surface area (Å²) in [7, 11) is 0. The highest BCUT2D eigenvalue weighted by atomic mass is 79.9. The molecule has 0 bridgehead atoms. The third kappa shape index (κ3) is 2.39. The molecule has 3 aliphatic rings. The molecule has 4 nitrogen and oxygen atoms in total. The van der Waals surface area contributed by atoms with Gasteiger partial charge in [0.25, 0.3) is 0 Å². The number of hydrogen-bond donors (Lipinski definition) is 1. The number of nitrogens with one attached hydrogen (secondary N) is 1. The largest absolute Gasteiger partial charge is 0.348 e. The van der Waals surface area contributed by atoms with E-state index < -0.39 is 0 Å². The normalized spacial score (nSPS) is 23.9. The number of carbonyl (C=O) groups is 1. The lowest BCUT2D eigenvalue weighted by atomic mass is 10.0. The first-order valence-electron chi connectivity index (χ1n) is 5.95. The molecule has 98 valence electrons. The molecule has 0 saturated carbocycles. The second-order valence-electron chi connectivity index (χ2n) is 4.52. The maximum atomic E-state index is 12.0. The third-order valence-corrected chi connectivity index (χ3v) is 3.95. The average molecular weight is 333 g/mol. The van der Waals surface area contributed by atoms with Gasteiger partial charge in [0.15, 0.2) is 0 Å². The standard InChI is InChI=1S/C12H14BrN3O.ClH/c13-8-1-2-11-10(7-8)15-12(17)16(11)9-3-5-14-6-4-9;/h2,7,9,14H,1,3-6H2;1H. The maximum Gasteiger partial charge on any atom is 0.348 e. The van der Waals surface area contributed by atoms with Crippen LogP contribution in [-0.4, -0.2) is 35.8 Å². The van der Waals surface area contributed by atoms with Crippen LogP contribution in [0.2, 0.25) is 0 Å². The molecular formula is C12H15BrClN3O. The minimum atomic E-state index is -0.100. The van der Waals surface area contributed by atoms with Crippen LogP contribution in [0.3, 0.4) is 0 Å². The van der Waals surface area contributed by atoms with Crippen molar-refractivity contribution < 1.29 is 4.79 Å². The van der Waals surface area contributed by atoms with E-state index in [-0.39, 0.29) is 18.4 Å². The highest BCUT2D eigenvalue weighted by Crippen LogP contribution is 2.30. The lowest BCUT2D eigenvalue weighted by Crippen LogP contribution is -2.43. The summed E-state index contributed by atoms with van der Waals surface area (Å²) < 4.78 is 1.08. The fourth-order valence-corrected chi connectivity index (χ4v) is 2.95. The zero-order valence-corrected chi connectivity index (χ0v) is 12.3. The Morgan fingerprint density at radius 1 is 1.39 bits per heavy atom. The molecule has 2 aliphatic heterocycles. The Kier molecular flexibility index (Phi) is 4.25. The molecule has 6 heteroatoms. The van der Waals surface area contributed by atoms with Gasteiger partial charge in [-0.25, -0.2) is 4.79 Å². The lowest BCUT2D eigenvalue weighted by molar-refractivity contribution is 0.197. The molecule has 0 spiro atoms. The molecule has 18 heavy (non-hydrogen) atoms. The molecule has 2 amide bonds. The van der Waals surface area contributed by atoms with Gasteiger partial charge in [0.1, 0.15) is 0 Å². The number of amides is 2. The lowest BCUT2D eigenvalue weighted by Gasteiger charge is -2.32. The summed E-state index contributed by atoms with van der Waals surface area (Å²) in [5.74, 6) is 0. The van der Waals surface area contributed by atoms with E-state index in [4.69, 9.17) is 0 Å². The van der Waals surface area contributed by atoms with Gasteiger partial charge in [-0.1, -0.05) is 22.0 Å². The average Bonchev–Trinajstić information content (AvgIpc) is 2.65. The number of rotatable bonds is 1. The van der Waals surface area contributed by atoms with Gasteiger partial charge in [-0.15, -0.1) is 12.4 Å². The van der Waals surface area contributed by atoms with Crippen molar-refractivity contribution in [3.63, 3.8) is 0 Å². The molecule has 0 unspecified atom stereocenters. The predicted molar refractivity (Wildman–Crippen MR) is 77.5 cm³/mol. The zero-order valence-electron chi connectivity index (χ0n) is 9.86. The fraction of sp³-hybridized carbons (Fsp3) is 0.500. The summed E-state index contributed by atoms with van der Waals surface area (Å²) in [5, 5.41) is 3.32. The van der Waals surface area contributed by atoms with Crippen LogP contribution < -0.4 is 5.32 Å². The Bertz CT molecular complexity index is 452. The van der Waals surface area contributed by atoms with Crippen molar-refractivity contribution in [2.24, 2.45) is 4.99 Å². The van der Waals surface area contributed by atoms with Crippen molar-refractivity contribution in [3.8, 4) is 0 Å². The van der Waals surface area contributed by atoms with Crippen molar-refractivity contribution >= 4 is 40.1 Å². The van der Waals surface area contributed by atoms with Crippen LogP contribution in [0, 0.1) is 0 Å². The first kappa shape index (κ1) is 13.8. The zero-order chi connectivity index (χ0) is 11.8. The number of allylic oxidation sites excluding steroid dienone is 3. The van der Waals surface area contributed by atoms with Gasteiger partial charge in [-0.05, 0) is 38.4 Å². The first-order valence-corrected chi connectivity index (χ1v) is 6.74. The van der Waals surface area contributed by atoms with E-state index in [1.165, 1.54) is 0 Å². The predicted octanol–water partition coefficient (Wildman–Crippen LogP) is 2.60. The molecule has 1 fully saturated rings. The molecule has 1 N–H and O–H groups in total. The Hall–Kier alpha value is -0.650. The molecule has 0 radical (unpaired) electrons. The Labute approximate surface area is 121 Å². The molecule has 0 aromatic carbocycles. The number of fused-ring (bicyclic) bond motifs is 1. The van der Waals surface area contributed by atoms with Crippen LogP contribution in [0.4, 0.5) is 4.79 Å². The molecule has 2 heterocycles. The van der Waals surface area contributed by atoms with Gasteiger partial charge in [0.05, 0.1) is 11.4 Å². The van der Waals surface area contributed by atoms with E-state index in [9.17, 15) is 4.79 Å². The Morgan fingerprint density at radius 3 is 2.83 bits per heavy atom. The topological polar surface area (TPSA) is 44.7 Å². The van der Waals surface area contributed by atoms with Crippen molar-refractivity contribution in [2.75, 3.05) is 13.1 Å². The van der Waals surface area contributed by atoms with Gasteiger partial charge >= 0.3 is 6.03 Å². The van der Waals surface area contributed by atoms with E-state index in [0.29, 0.717) is 6.04 Å². The quantitative estimate of drug-likeness (QED) is 0.802. The summed E-state index contributed by atoms with van der Waals surface area (Å²) in [4.78, 5) is 18.0. The van der Waals surface area contributed by atoms with Crippen LogP contribution >= 0.6 is 28.3 Å². The number of aliphatic imine (C=N–C) groups is 1. The minimum Gasteiger partial charge on any atom is -0.317 e. The number of urea groups is 1. The van der Waals surface area contributed by atoms with Crippen LogP contribution in [0.25, 0.3) is 0 Å². The van der Waals surface area contributed by atoms with Crippen molar-refractivity contribution in [2.45, 2.75) is 25.3 Å². The summed E-state index contributed by atoms with van der Waals surface area (Å²) in [6.07, 6.45) is 6.92. The highest BCUT2D eigenvalue weighted by Gasteiger charge is 2.35. The fourth-order valence-electron chi connectivity index (χ4n) is 2.57. The molecule has 1 aliphatic carbocycles. The van der Waals surface area contributed by atoms with Crippen molar-refractivity contribution in [3.05, 3.63) is 22.3 Å². The molecule has 0 atom stereocenters. The van der Waals surface area contributed by atoms with Crippen LogP contribution in [0.15, 0.2) is 27.3 Å². The number of hydrogen-bond acceptors (Lipinski definition) is 2. The molecular weight excluding hydrogens is 318 g/mol. The first-order chi connectivity index (χ1) is 8.25. The monoisotopic (exact) mass is 331 g/mol.